The van der Waals surface area contributed by atoms with Gasteiger partial charge in [0.1, 0.15) is 11.8 Å². The maximum Gasteiger partial charge on any atom is 0.250 e. The average molecular weight is 479 g/mol. The second kappa shape index (κ2) is 10.5. The van der Waals surface area contributed by atoms with Crippen molar-refractivity contribution in [1.29, 1.82) is 0 Å². The molecule has 0 fully saturated rings. The highest BCUT2D eigenvalue weighted by molar-refractivity contribution is 8.01. The average Bonchev–Trinajstić information content (AvgIpc) is 3.10. The molecule has 0 aliphatic rings. The van der Waals surface area contributed by atoms with Crippen LogP contribution < -0.4 is 14.4 Å². The molecule has 12 heteroatoms. The first kappa shape index (κ1) is 23.7. The number of aromatic nitrogens is 2. The van der Waals surface area contributed by atoms with Gasteiger partial charge in [-0.3, -0.25) is 14.4 Å². The fourth-order valence-corrected chi connectivity index (χ4v) is 5.68. The smallest absolute Gasteiger partial charge is 0.250 e. The van der Waals surface area contributed by atoms with Crippen LogP contribution in [0.2, 0.25) is 5.02 Å². The van der Waals surface area contributed by atoms with Gasteiger partial charge in [0.05, 0.1) is 24.1 Å². The lowest BCUT2D eigenvalue weighted by Crippen LogP contribution is -2.47. The van der Waals surface area contributed by atoms with Crippen LogP contribution in [0.4, 0.5) is 10.8 Å². The van der Waals surface area contributed by atoms with Crippen molar-refractivity contribution in [1.82, 2.24) is 10.2 Å². The van der Waals surface area contributed by atoms with E-state index in [0.29, 0.717) is 10.9 Å². The van der Waals surface area contributed by atoms with Crippen molar-refractivity contribution in [3.63, 3.8) is 0 Å². The Bertz CT molecular complexity index is 952. The molecule has 1 aromatic carbocycles. The Labute approximate surface area is 184 Å². The molecule has 160 valence electrons. The molecular formula is C17H23ClN4O4S3. The van der Waals surface area contributed by atoms with Crippen LogP contribution in [0.5, 0.6) is 5.75 Å². The molecule has 0 aliphatic carbocycles. The zero-order valence-corrected chi connectivity index (χ0v) is 19.7. The summed E-state index contributed by atoms with van der Waals surface area (Å²) in [5.74, 6) is 0.820. The van der Waals surface area contributed by atoms with E-state index in [0.717, 1.165) is 27.1 Å². The first-order chi connectivity index (χ1) is 13.7. The zero-order valence-electron chi connectivity index (χ0n) is 16.5. The highest BCUT2D eigenvalue weighted by Crippen LogP contribution is 2.32. The monoisotopic (exact) mass is 478 g/mol. The number of amides is 1. The normalized spacial score (nSPS) is 12.4. The van der Waals surface area contributed by atoms with E-state index in [9.17, 15) is 13.2 Å². The molecule has 0 unspecified atom stereocenters. The summed E-state index contributed by atoms with van der Waals surface area (Å²) in [5, 5.41) is 11.2. The van der Waals surface area contributed by atoms with Gasteiger partial charge in [-0.2, -0.15) is 0 Å². The van der Waals surface area contributed by atoms with Crippen LogP contribution in [0.25, 0.3) is 0 Å². The van der Waals surface area contributed by atoms with E-state index in [1.807, 2.05) is 0 Å². The number of nitrogens with zero attached hydrogens (tertiary/aromatic N) is 3. The first-order valence-corrected chi connectivity index (χ1v) is 12.8. The van der Waals surface area contributed by atoms with E-state index < -0.39 is 22.0 Å². The topological polar surface area (TPSA) is 101 Å². The summed E-state index contributed by atoms with van der Waals surface area (Å²) in [6, 6.07) is 3.58. The van der Waals surface area contributed by atoms with Gasteiger partial charge in [0.25, 0.3) is 0 Å². The predicted molar refractivity (Wildman–Crippen MR) is 119 cm³/mol. The van der Waals surface area contributed by atoms with Gasteiger partial charge in [-0.15, -0.1) is 10.2 Å². The van der Waals surface area contributed by atoms with E-state index in [4.69, 9.17) is 16.3 Å². The van der Waals surface area contributed by atoms with E-state index in [1.165, 1.54) is 24.5 Å². The molecule has 29 heavy (non-hydrogen) atoms. The Kier molecular flexibility index (Phi) is 8.56. The summed E-state index contributed by atoms with van der Waals surface area (Å²) < 4.78 is 32.0. The number of rotatable bonds is 10. The summed E-state index contributed by atoms with van der Waals surface area (Å²) in [6.45, 7) is 3.80. The van der Waals surface area contributed by atoms with Crippen LogP contribution in [0.15, 0.2) is 22.5 Å². The molecule has 2 rings (SSSR count). The van der Waals surface area contributed by atoms with Crippen LogP contribution in [-0.2, 0) is 14.8 Å². The highest BCUT2D eigenvalue weighted by Gasteiger charge is 2.32. The third-order valence-electron chi connectivity index (χ3n) is 3.79. The van der Waals surface area contributed by atoms with Crippen molar-refractivity contribution in [3.8, 4) is 5.75 Å². The number of sulfonamides is 1. The molecular weight excluding hydrogens is 456 g/mol. The maximum atomic E-state index is 12.9. The van der Waals surface area contributed by atoms with Crippen molar-refractivity contribution in [2.45, 2.75) is 37.1 Å². The highest BCUT2D eigenvalue weighted by atomic mass is 35.5. The Balaban J connectivity index is 2.30. The van der Waals surface area contributed by atoms with Crippen LogP contribution in [0.1, 0.15) is 26.7 Å². The first-order valence-electron chi connectivity index (χ1n) is 8.81. The Hall–Kier alpha value is -1.56. The van der Waals surface area contributed by atoms with E-state index in [2.05, 4.69) is 22.4 Å². The minimum atomic E-state index is -3.77. The summed E-state index contributed by atoms with van der Waals surface area (Å²) in [7, 11) is -2.31. The molecule has 2 aromatic rings. The van der Waals surface area contributed by atoms with Crippen LogP contribution in [-0.4, -0.2) is 49.7 Å². The van der Waals surface area contributed by atoms with Gasteiger partial charge < -0.3 is 4.74 Å². The maximum absolute atomic E-state index is 12.9. The standard InChI is InChI=1S/C17H23ClN4O4S3/c1-5-9-27-17-21-20-16(28-17)19-15(23)13(6-2)22(29(4,24)25)11-7-8-14(26-3)12(18)10-11/h7-8,10,13H,5-6,9H2,1-4H3,(H,19,20,23)/t13-/m0/s1. The summed E-state index contributed by atoms with van der Waals surface area (Å²) >= 11 is 8.97. The lowest BCUT2D eigenvalue weighted by atomic mass is 10.2. The summed E-state index contributed by atoms with van der Waals surface area (Å²) in [4.78, 5) is 12.9. The molecule has 1 aromatic heterocycles. The van der Waals surface area contributed by atoms with Gasteiger partial charge in [0, 0.05) is 5.75 Å². The lowest BCUT2D eigenvalue weighted by Gasteiger charge is -2.30. The van der Waals surface area contributed by atoms with E-state index in [1.54, 1.807) is 30.8 Å². The van der Waals surface area contributed by atoms with Crippen molar-refractivity contribution in [3.05, 3.63) is 23.2 Å². The number of benzene rings is 1. The number of carbonyl (C=O) groups excluding carboxylic acids is 1. The number of nitrogens with one attached hydrogen (secondary N) is 1. The number of halogens is 1. The molecule has 1 atom stereocenters. The molecule has 0 aliphatic heterocycles. The second-order valence-electron chi connectivity index (χ2n) is 6.01. The van der Waals surface area contributed by atoms with Crippen LogP contribution in [0.3, 0.4) is 0 Å². The Morgan fingerprint density at radius 1 is 1.38 bits per heavy atom. The lowest BCUT2D eigenvalue weighted by molar-refractivity contribution is -0.117. The zero-order chi connectivity index (χ0) is 21.6. The Morgan fingerprint density at radius 3 is 2.66 bits per heavy atom. The van der Waals surface area contributed by atoms with E-state index >= 15 is 0 Å². The fraction of sp³-hybridized carbons (Fsp3) is 0.471. The largest absolute Gasteiger partial charge is 0.495 e. The molecule has 1 heterocycles. The van der Waals surface area contributed by atoms with Gasteiger partial charge >= 0.3 is 0 Å². The van der Waals surface area contributed by atoms with Crippen molar-refractivity contribution in [2.24, 2.45) is 0 Å². The summed E-state index contributed by atoms with van der Waals surface area (Å²) in [5.41, 5.74) is 0.275. The molecule has 0 saturated heterocycles. The van der Waals surface area contributed by atoms with Crippen molar-refractivity contribution in [2.75, 3.05) is 28.7 Å². The number of methoxy groups -OCH3 is 1. The fourth-order valence-electron chi connectivity index (χ4n) is 2.55. The third-order valence-corrected chi connectivity index (χ3v) is 7.44. The number of anilines is 2. The molecule has 0 spiro atoms. The second-order valence-corrected chi connectivity index (χ2v) is 10.6. The van der Waals surface area contributed by atoms with Crippen molar-refractivity contribution >= 4 is 61.4 Å². The molecule has 1 amide bonds. The van der Waals surface area contributed by atoms with Gasteiger partial charge in [0.15, 0.2) is 4.34 Å². The molecule has 1 N–H and O–H groups in total. The number of carbonyl (C=O) groups is 1. The molecule has 0 saturated carbocycles. The van der Waals surface area contributed by atoms with Gasteiger partial charge in [-0.25, -0.2) is 8.42 Å². The summed E-state index contributed by atoms with van der Waals surface area (Å²) in [6.07, 6.45) is 2.29. The number of hydrogen-bond donors (Lipinski definition) is 1. The molecule has 0 radical (unpaired) electrons. The van der Waals surface area contributed by atoms with Crippen LogP contribution in [0, 0.1) is 0 Å². The number of hydrogen-bond acceptors (Lipinski definition) is 8. The molecule has 8 nitrogen and oxygen atoms in total. The SMILES string of the molecule is CCCSc1nnc(NC(=O)[C@H](CC)N(c2ccc(OC)c(Cl)c2)S(C)(=O)=O)s1. The number of ether oxygens (including phenoxy) is 1. The number of thioether (sulfide) groups is 1. The predicted octanol–water partition coefficient (Wildman–Crippen LogP) is 3.89. The third kappa shape index (κ3) is 6.21. The minimum Gasteiger partial charge on any atom is -0.495 e. The van der Waals surface area contributed by atoms with E-state index in [-0.39, 0.29) is 17.1 Å². The van der Waals surface area contributed by atoms with Gasteiger partial charge in [0.2, 0.25) is 21.1 Å². The Morgan fingerprint density at radius 2 is 2.10 bits per heavy atom. The van der Waals surface area contributed by atoms with Gasteiger partial charge in [-0.05, 0) is 31.0 Å². The van der Waals surface area contributed by atoms with Gasteiger partial charge in [-0.1, -0.05) is 48.5 Å². The molecule has 0 bridgehead atoms. The quantitative estimate of drug-likeness (QED) is 0.408. The van der Waals surface area contributed by atoms with Crippen LogP contribution >= 0.6 is 34.7 Å². The van der Waals surface area contributed by atoms with Crippen molar-refractivity contribution < 1.29 is 17.9 Å². The minimum absolute atomic E-state index is 0.246.